The van der Waals surface area contributed by atoms with E-state index in [0.29, 0.717) is 17.0 Å². The van der Waals surface area contributed by atoms with Gasteiger partial charge in [-0.05, 0) is 12.5 Å². The summed E-state index contributed by atoms with van der Waals surface area (Å²) >= 11 is 6.46. The summed E-state index contributed by atoms with van der Waals surface area (Å²) in [5, 5.41) is 8.62. The number of aromatic nitrogens is 3. The number of halogens is 1. The maximum Gasteiger partial charge on any atom is 0.223 e. The van der Waals surface area contributed by atoms with Crippen LogP contribution in [-0.4, -0.2) is 83.2 Å². The fraction of sp³-hybridized carbons (Fsp3) is 0.455. The molecular weight excluding hydrogens is 398 g/mol. The number of anilines is 1. The van der Waals surface area contributed by atoms with Crippen LogP contribution in [0, 0.1) is 0 Å². The molecular formula is C22H28ClN7. The van der Waals surface area contributed by atoms with Crippen molar-refractivity contribution in [2.45, 2.75) is 12.5 Å². The maximum absolute atomic E-state index is 6.46. The number of rotatable bonds is 6. The van der Waals surface area contributed by atoms with Crippen molar-refractivity contribution in [1.29, 1.82) is 0 Å². The van der Waals surface area contributed by atoms with Gasteiger partial charge >= 0.3 is 0 Å². The Kier molecular flexibility index (Phi) is 5.86. The quantitative estimate of drug-likeness (QED) is 0.564. The number of likely N-dealkylation sites (tertiary alicyclic amines) is 1. The number of H-pyrrole nitrogens is 1. The number of aromatic amines is 1. The van der Waals surface area contributed by atoms with Crippen molar-refractivity contribution in [1.82, 2.24) is 30.1 Å². The van der Waals surface area contributed by atoms with Crippen molar-refractivity contribution in [2.75, 3.05) is 57.7 Å². The van der Waals surface area contributed by atoms with E-state index >= 15 is 0 Å². The van der Waals surface area contributed by atoms with Crippen LogP contribution in [0.1, 0.15) is 6.42 Å². The van der Waals surface area contributed by atoms with Gasteiger partial charge in [-0.15, -0.1) is 0 Å². The van der Waals surface area contributed by atoms with Crippen molar-refractivity contribution in [3.8, 4) is 11.3 Å². The summed E-state index contributed by atoms with van der Waals surface area (Å²) in [6, 6.07) is 8.55. The fourth-order valence-electron chi connectivity index (χ4n) is 4.45. The third kappa shape index (κ3) is 4.30. The molecule has 0 amide bonds. The molecule has 0 radical (unpaired) electrons. The molecule has 0 bridgehead atoms. The van der Waals surface area contributed by atoms with E-state index in [9.17, 15) is 0 Å². The summed E-state index contributed by atoms with van der Waals surface area (Å²) in [7, 11) is 0. The van der Waals surface area contributed by atoms with Crippen LogP contribution in [-0.2, 0) is 0 Å². The lowest BCUT2D eigenvalue weighted by atomic mass is 10.1. The van der Waals surface area contributed by atoms with Crippen molar-refractivity contribution in [2.24, 2.45) is 0 Å². The highest BCUT2D eigenvalue weighted by Crippen LogP contribution is 2.32. The van der Waals surface area contributed by atoms with Crippen LogP contribution < -0.4 is 10.6 Å². The first-order valence-electron chi connectivity index (χ1n) is 10.8. The lowest BCUT2D eigenvalue weighted by molar-refractivity contribution is 0.204. The normalized spacial score (nSPS) is 20.8. The molecule has 0 saturated carbocycles. The zero-order chi connectivity index (χ0) is 20.3. The van der Waals surface area contributed by atoms with Gasteiger partial charge in [0.1, 0.15) is 0 Å². The van der Waals surface area contributed by atoms with Crippen molar-refractivity contribution in [3.05, 3.63) is 41.7 Å². The van der Waals surface area contributed by atoms with E-state index in [2.05, 4.69) is 42.5 Å². The number of nitrogens with one attached hydrogen (secondary N) is 3. The number of para-hydroxylation sites is 1. The summed E-state index contributed by atoms with van der Waals surface area (Å²) in [6.07, 6.45) is 4.77. The highest BCUT2D eigenvalue weighted by atomic mass is 35.5. The van der Waals surface area contributed by atoms with Gasteiger partial charge in [-0.3, -0.25) is 9.80 Å². The molecule has 2 aliphatic rings. The molecule has 7 nitrogen and oxygen atoms in total. The van der Waals surface area contributed by atoms with Gasteiger partial charge in [-0.2, -0.15) is 0 Å². The first-order chi connectivity index (χ1) is 14.8. The van der Waals surface area contributed by atoms with E-state index in [1.807, 2.05) is 18.3 Å². The minimum Gasteiger partial charge on any atom is -0.360 e. The molecule has 0 spiro atoms. The molecule has 158 valence electrons. The van der Waals surface area contributed by atoms with Gasteiger partial charge in [0.05, 0.1) is 16.9 Å². The first kappa shape index (κ1) is 19.8. The topological polar surface area (TPSA) is 72.1 Å². The highest BCUT2D eigenvalue weighted by molar-refractivity contribution is 6.33. The van der Waals surface area contributed by atoms with Gasteiger partial charge < -0.3 is 15.6 Å². The zero-order valence-electron chi connectivity index (χ0n) is 17.1. The predicted octanol–water partition coefficient (Wildman–Crippen LogP) is 2.67. The smallest absolute Gasteiger partial charge is 0.223 e. The Morgan fingerprint density at radius 2 is 1.93 bits per heavy atom. The summed E-state index contributed by atoms with van der Waals surface area (Å²) in [6.45, 7) is 8.95. The van der Waals surface area contributed by atoms with Gasteiger partial charge in [-0.1, -0.05) is 29.8 Å². The van der Waals surface area contributed by atoms with E-state index in [1.165, 1.54) is 0 Å². The second kappa shape index (κ2) is 8.89. The Labute approximate surface area is 181 Å². The van der Waals surface area contributed by atoms with Crippen LogP contribution >= 0.6 is 11.6 Å². The number of hydrogen-bond acceptors (Lipinski definition) is 6. The standard InChI is InChI=1S/C22H28ClN7/c23-19-14-26-22(28-21(19)18-13-25-20-4-2-1-3-17(18)20)27-16-5-8-30(15-16)12-11-29-9-6-24-7-10-29/h1-4,13-14,16,24-25H,5-12,15H2,(H,26,27,28). The molecule has 1 unspecified atom stereocenters. The maximum atomic E-state index is 6.46. The van der Waals surface area contributed by atoms with Gasteiger partial charge in [-0.25, -0.2) is 9.97 Å². The van der Waals surface area contributed by atoms with E-state index in [4.69, 9.17) is 16.6 Å². The lowest BCUT2D eigenvalue weighted by Gasteiger charge is -2.29. The molecule has 2 fully saturated rings. The zero-order valence-corrected chi connectivity index (χ0v) is 17.8. The number of nitrogens with zero attached hydrogens (tertiary/aromatic N) is 4. The van der Waals surface area contributed by atoms with E-state index in [-0.39, 0.29) is 0 Å². The average Bonchev–Trinajstić information content (AvgIpc) is 3.41. The Balaban J connectivity index is 1.23. The van der Waals surface area contributed by atoms with Crippen LogP contribution in [0.5, 0.6) is 0 Å². The number of hydrogen-bond donors (Lipinski definition) is 3. The third-order valence-electron chi connectivity index (χ3n) is 6.14. The van der Waals surface area contributed by atoms with Crippen LogP contribution in [0.4, 0.5) is 5.95 Å². The Morgan fingerprint density at radius 3 is 2.83 bits per heavy atom. The summed E-state index contributed by atoms with van der Waals surface area (Å²) < 4.78 is 0. The monoisotopic (exact) mass is 425 g/mol. The van der Waals surface area contributed by atoms with E-state index < -0.39 is 0 Å². The molecule has 5 rings (SSSR count). The van der Waals surface area contributed by atoms with Gasteiger partial charge in [0, 0.05) is 81.1 Å². The van der Waals surface area contributed by atoms with Crippen LogP contribution in [0.25, 0.3) is 22.2 Å². The third-order valence-corrected chi connectivity index (χ3v) is 6.41. The molecule has 0 aliphatic carbocycles. The van der Waals surface area contributed by atoms with Crippen molar-refractivity contribution >= 4 is 28.5 Å². The molecule has 2 aromatic heterocycles. The molecule has 4 heterocycles. The summed E-state index contributed by atoms with van der Waals surface area (Å²) in [5.74, 6) is 0.647. The second-order valence-electron chi connectivity index (χ2n) is 8.16. The Bertz CT molecular complexity index is 998. The molecule has 1 atom stereocenters. The van der Waals surface area contributed by atoms with Crippen LogP contribution in [0.2, 0.25) is 5.02 Å². The SMILES string of the molecule is Clc1cnc(NC2CCN(CCN3CCNCC3)C2)nc1-c1c[nH]c2ccccc12. The number of fused-ring (bicyclic) bond motifs is 1. The van der Waals surface area contributed by atoms with Crippen LogP contribution in [0.3, 0.4) is 0 Å². The minimum atomic E-state index is 0.366. The van der Waals surface area contributed by atoms with Crippen molar-refractivity contribution < 1.29 is 0 Å². The van der Waals surface area contributed by atoms with Crippen molar-refractivity contribution in [3.63, 3.8) is 0 Å². The second-order valence-corrected chi connectivity index (χ2v) is 8.57. The summed E-state index contributed by atoms with van der Waals surface area (Å²) in [4.78, 5) is 17.6. The number of piperazine rings is 1. The largest absolute Gasteiger partial charge is 0.360 e. The van der Waals surface area contributed by atoms with Gasteiger partial charge in [0.15, 0.2) is 0 Å². The molecule has 8 heteroatoms. The predicted molar refractivity (Wildman–Crippen MR) is 122 cm³/mol. The molecule has 3 N–H and O–H groups in total. The molecule has 2 saturated heterocycles. The Hall–Kier alpha value is -2.19. The first-order valence-corrected chi connectivity index (χ1v) is 11.1. The van der Waals surface area contributed by atoms with Crippen LogP contribution in [0.15, 0.2) is 36.7 Å². The summed E-state index contributed by atoms with van der Waals surface area (Å²) in [5.41, 5.74) is 2.85. The Morgan fingerprint density at radius 1 is 1.10 bits per heavy atom. The fourth-order valence-corrected chi connectivity index (χ4v) is 4.64. The highest BCUT2D eigenvalue weighted by Gasteiger charge is 2.24. The van der Waals surface area contributed by atoms with Gasteiger partial charge in [0.2, 0.25) is 5.95 Å². The molecule has 2 aliphatic heterocycles. The lowest BCUT2D eigenvalue weighted by Crippen LogP contribution is -2.46. The van der Waals surface area contributed by atoms with E-state index in [0.717, 1.165) is 80.9 Å². The molecule has 3 aromatic rings. The minimum absolute atomic E-state index is 0.366. The van der Waals surface area contributed by atoms with E-state index in [1.54, 1.807) is 6.20 Å². The van der Waals surface area contributed by atoms with Gasteiger partial charge in [0.25, 0.3) is 0 Å². The average molecular weight is 426 g/mol. The molecule has 1 aromatic carbocycles. The molecule has 30 heavy (non-hydrogen) atoms. The number of benzene rings is 1.